The molecule has 0 radical (unpaired) electrons. The lowest BCUT2D eigenvalue weighted by molar-refractivity contribution is 0.347. The number of rotatable bonds is 6. The highest BCUT2D eigenvalue weighted by atomic mass is 14.9. The van der Waals surface area contributed by atoms with Crippen LogP contribution >= 0.6 is 0 Å². The number of nitrogens with one attached hydrogen (secondary N) is 1. The Hall–Kier alpha value is -1.24. The first kappa shape index (κ1) is 12.8. The van der Waals surface area contributed by atoms with E-state index in [4.69, 9.17) is 0 Å². The minimum atomic E-state index is 0.0500. The van der Waals surface area contributed by atoms with Crippen LogP contribution in [-0.2, 0) is 12.0 Å². The lowest BCUT2D eigenvalue weighted by Crippen LogP contribution is -2.38. The highest BCUT2D eigenvalue weighted by Crippen LogP contribution is 2.31. The molecule has 1 aromatic carbocycles. The van der Waals surface area contributed by atoms with Crippen LogP contribution in [-0.4, -0.2) is 0 Å². The molecule has 1 rings (SSSR count). The molecule has 1 aromatic rings. The standard InChI is InChI=1S/C15H23N/c1-5-13-11-9-10-12-14(13)15(6-2,7-3)16-8-4/h8-12,16H,4-7H2,1-3H3. The summed E-state index contributed by atoms with van der Waals surface area (Å²) in [5.74, 6) is 0. The first-order chi connectivity index (χ1) is 7.74. The van der Waals surface area contributed by atoms with Gasteiger partial charge in [-0.3, -0.25) is 0 Å². The molecule has 88 valence electrons. The van der Waals surface area contributed by atoms with Gasteiger partial charge in [-0.2, -0.15) is 0 Å². The minimum Gasteiger partial charge on any atom is -0.382 e. The number of benzene rings is 1. The van der Waals surface area contributed by atoms with Crippen molar-refractivity contribution in [2.75, 3.05) is 0 Å². The quantitative estimate of drug-likeness (QED) is 0.759. The van der Waals surface area contributed by atoms with Crippen LogP contribution in [0.25, 0.3) is 0 Å². The van der Waals surface area contributed by atoms with Gasteiger partial charge in [0.15, 0.2) is 0 Å². The van der Waals surface area contributed by atoms with Crippen LogP contribution in [0.5, 0.6) is 0 Å². The lowest BCUT2D eigenvalue weighted by Gasteiger charge is -2.34. The van der Waals surface area contributed by atoms with E-state index in [9.17, 15) is 0 Å². The molecule has 1 heteroatoms. The van der Waals surface area contributed by atoms with Crippen molar-refractivity contribution in [1.82, 2.24) is 5.32 Å². The number of hydrogen-bond donors (Lipinski definition) is 1. The molecule has 0 bridgehead atoms. The summed E-state index contributed by atoms with van der Waals surface area (Å²) in [6.45, 7) is 10.5. The predicted octanol–water partition coefficient (Wildman–Crippen LogP) is 4.00. The maximum atomic E-state index is 3.81. The highest BCUT2D eigenvalue weighted by molar-refractivity contribution is 5.34. The summed E-state index contributed by atoms with van der Waals surface area (Å²) in [5.41, 5.74) is 2.90. The van der Waals surface area contributed by atoms with Gasteiger partial charge in [-0.05, 0) is 36.6 Å². The van der Waals surface area contributed by atoms with Crippen molar-refractivity contribution in [3.05, 3.63) is 48.2 Å². The van der Waals surface area contributed by atoms with E-state index in [2.05, 4.69) is 56.9 Å². The van der Waals surface area contributed by atoms with E-state index in [-0.39, 0.29) is 5.54 Å². The second kappa shape index (κ2) is 5.74. The largest absolute Gasteiger partial charge is 0.382 e. The molecule has 0 saturated heterocycles. The van der Waals surface area contributed by atoms with Crippen LogP contribution in [0.15, 0.2) is 37.0 Å². The third-order valence-corrected chi connectivity index (χ3v) is 3.50. The summed E-state index contributed by atoms with van der Waals surface area (Å²) in [5, 5.41) is 3.45. The van der Waals surface area contributed by atoms with Crippen molar-refractivity contribution in [3.8, 4) is 0 Å². The van der Waals surface area contributed by atoms with Gasteiger partial charge in [-0.15, -0.1) is 0 Å². The summed E-state index contributed by atoms with van der Waals surface area (Å²) < 4.78 is 0. The zero-order valence-corrected chi connectivity index (χ0v) is 10.7. The molecule has 0 spiro atoms. The van der Waals surface area contributed by atoms with E-state index >= 15 is 0 Å². The van der Waals surface area contributed by atoms with Gasteiger partial charge in [-0.1, -0.05) is 51.6 Å². The Morgan fingerprint density at radius 1 is 1.19 bits per heavy atom. The molecule has 1 N–H and O–H groups in total. The van der Waals surface area contributed by atoms with Crippen LogP contribution < -0.4 is 5.32 Å². The van der Waals surface area contributed by atoms with Gasteiger partial charge < -0.3 is 5.32 Å². The fourth-order valence-electron chi connectivity index (χ4n) is 2.40. The lowest BCUT2D eigenvalue weighted by atomic mass is 9.81. The fraction of sp³-hybridized carbons (Fsp3) is 0.467. The Morgan fingerprint density at radius 2 is 1.81 bits per heavy atom. The topological polar surface area (TPSA) is 12.0 Å². The van der Waals surface area contributed by atoms with Crippen LogP contribution in [0.4, 0.5) is 0 Å². The first-order valence-electron chi connectivity index (χ1n) is 6.21. The zero-order chi connectivity index (χ0) is 12.0. The third kappa shape index (κ3) is 2.29. The van der Waals surface area contributed by atoms with E-state index < -0.39 is 0 Å². The molecule has 0 aromatic heterocycles. The molecule has 0 saturated carbocycles. The normalized spacial score (nSPS) is 11.2. The molecule has 1 nitrogen and oxygen atoms in total. The molecule has 0 fully saturated rings. The monoisotopic (exact) mass is 217 g/mol. The van der Waals surface area contributed by atoms with Crippen molar-refractivity contribution in [2.24, 2.45) is 0 Å². The molecule has 0 aliphatic heterocycles. The van der Waals surface area contributed by atoms with E-state index in [1.165, 1.54) is 11.1 Å². The molecule has 0 aliphatic rings. The molecule has 16 heavy (non-hydrogen) atoms. The Kier molecular flexibility index (Phi) is 4.60. The Labute approximate surface area is 99.6 Å². The summed E-state index contributed by atoms with van der Waals surface area (Å²) in [4.78, 5) is 0. The Bertz CT molecular complexity index is 337. The van der Waals surface area contributed by atoms with Crippen molar-refractivity contribution >= 4 is 0 Å². The molecular weight excluding hydrogens is 194 g/mol. The average Bonchev–Trinajstić information content (AvgIpc) is 2.36. The van der Waals surface area contributed by atoms with Crippen molar-refractivity contribution < 1.29 is 0 Å². The molecular formula is C15H23N. The van der Waals surface area contributed by atoms with Gasteiger partial charge in [0.25, 0.3) is 0 Å². The third-order valence-electron chi connectivity index (χ3n) is 3.50. The summed E-state index contributed by atoms with van der Waals surface area (Å²) in [6, 6.07) is 8.70. The van der Waals surface area contributed by atoms with E-state index in [0.717, 1.165) is 19.3 Å². The molecule has 0 aliphatic carbocycles. The summed E-state index contributed by atoms with van der Waals surface area (Å²) in [7, 11) is 0. The molecule has 0 heterocycles. The molecule has 0 amide bonds. The average molecular weight is 217 g/mol. The maximum Gasteiger partial charge on any atom is 0.0617 e. The second-order valence-electron chi connectivity index (χ2n) is 4.15. The van der Waals surface area contributed by atoms with Crippen molar-refractivity contribution in [1.29, 1.82) is 0 Å². The number of aryl methyl sites for hydroxylation is 1. The van der Waals surface area contributed by atoms with Crippen LogP contribution in [0, 0.1) is 0 Å². The Morgan fingerprint density at radius 3 is 2.31 bits per heavy atom. The van der Waals surface area contributed by atoms with Crippen LogP contribution in [0.1, 0.15) is 44.7 Å². The smallest absolute Gasteiger partial charge is 0.0617 e. The fourth-order valence-corrected chi connectivity index (χ4v) is 2.40. The van der Waals surface area contributed by atoms with Crippen molar-refractivity contribution in [2.45, 2.75) is 45.6 Å². The maximum absolute atomic E-state index is 3.81. The zero-order valence-electron chi connectivity index (χ0n) is 10.7. The Balaban J connectivity index is 3.23. The number of hydrogen-bond acceptors (Lipinski definition) is 1. The van der Waals surface area contributed by atoms with E-state index in [0.29, 0.717) is 0 Å². The van der Waals surface area contributed by atoms with E-state index in [1.54, 1.807) is 0 Å². The summed E-state index contributed by atoms with van der Waals surface area (Å²) >= 11 is 0. The summed E-state index contributed by atoms with van der Waals surface area (Å²) in [6.07, 6.45) is 5.05. The van der Waals surface area contributed by atoms with Gasteiger partial charge in [0.05, 0.1) is 5.54 Å². The van der Waals surface area contributed by atoms with Gasteiger partial charge in [-0.25, -0.2) is 0 Å². The SMILES string of the molecule is C=CNC(CC)(CC)c1ccccc1CC. The van der Waals surface area contributed by atoms with Gasteiger partial charge in [0, 0.05) is 0 Å². The first-order valence-corrected chi connectivity index (χ1v) is 6.21. The van der Waals surface area contributed by atoms with Gasteiger partial charge in [0.1, 0.15) is 0 Å². The van der Waals surface area contributed by atoms with Gasteiger partial charge in [0.2, 0.25) is 0 Å². The molecule has 0 unspecified atom stereocenters. The van der Waals surface area contributed by atoms with E-state index in [1.807, 2.05) is 6.20 Å². The van der Waals surface area contributed by atoms with Gasteiger partial charge >= 0.3 is 0 Å². The predicted molar refractivity (Wildman–Crippen MR) is 71.4 cm³/mol. The van der Waals surface area contributed by atoms with Crippen LogP contribution in [0.3, 0.4) is 0 Å². The highest BCUT2D eigenvalue weighted by Gasteiger charge is 2.28. The minimum absolute atomic E-state index is 0.0500. The van der Waals surface area contributed by atoms with Crippen molar-refractivity contribution in [3.63, 3.8) is 0 Å². The second-order valence-corrected chi connectivity index (χ2v) is 4.15. The van der Waals surface area contributed by atoms with Crippen LogP contribution in [0.2, 0.25) is 0 Å². The molecule has 0 atom stereocenters.